The van der Waals surface area contributed by atoms with Gasteiger partial charge in [-0.3, -0.25) is 4.79 Å². The first kappa shape index (κ1) is 20.1. The zero-order valence-corrected chi connectivity index (χ0v) is 13.9. The molecule has 1 heterocycles. The fraction of sp³-hybridized carbons (Fsp3) is 0.429. The second-order valence-electron chi connectivity index (χ2n) is 5.69. The van der Waals surface area contributed by atoms with Crippen LogP contribution >= 0.6 is 0 Å². The van der Waals surface area contributed by atoms with Crippen LogP contribution in [-0.4, -0.2) is 55.6 Å². The summed E-state index contributed by atoms with van der Waals surface area (Å²) in [6.45, 7) is -1.78. The van der Waals surface area contributed by atoms with Crippen LogP contribution < -0.4 is 4.72 Å². The minimum Gasteiger partial charge on any atom is -0.479 e. The summed E-state index contributed by atoms with van der Waals surface area (Å²) in [6, 6.07) is 2.94. The highest BCUT2D eigenvalue weighted by Gasteiger charge is 2.46. The van der Waals surface area contributed by atoms with E-state index in [1.54, 1.807) is 0 Å². The third kappa shape index (κ3) is 4.30. The van der Waals surface area contributed by atoms with Crippen molar-refractivity contribution in [3.05, 3.63) is 29.8 Å². The number of nitrogens with zero attached hydrogens (tertiary/aromatic N) is 1. The predicted octanol–water partition coefficient (Wildman–Crippen LogP) is 1.01. The summed E-state index contributed by atoms with van der Waals surface area (Å²) < 4.78 is 77.8. The molecule has 1 aromatic carbocycles. The van der Waals surface area contributed by atoms with Crippen molar-refractivity contribution in [1.29, 1.82) is 0 Å². The van der Waals surface area contributed by atoms with Crippen molar-refractivity contribution >= 4 is 21.9 Å². The number of likely N-dealkylation sites (tertiary alicyclic amines) is 1. The van der Waals surface area contributed by atoms with Gasteiger partial charge in [-0.1, -0.05) is 6.07 Å². The first-order chi connectivity index (χ1) is 11.8. The molecule has 1 aromatic rings. The molecule has 1 aliphatic rings. The molecule has 0 radical (unpaired) electrons. The number of nitrogens with one attached hydrogen (secondary N) is 1. The molecule has 0 saturated carbocycles. The third-order valence-electron chi connectivity index (χ3n) is 3.84. The molecule has 1 fully saturated rings. The van der Waals surface area contributed by atoms with E-state index >= 15 is 0 Å². The topological polar surface area (TPSA) is 104 Å². The Labute approximate surface area is 145 Å². The normalized spacial score (nSPS) is 21.0. The Bertz CT molecular complexity index is 827. The van der Waals surface area contributed by atoms with Crippen LogP contribution in [-0.2, 0) is 25.8 Å². The van der Waals surface area contributed by atoms with Crippen molar-refractivity contribution in [2.75, 3.05) is 19.6 Å². The number of alkyl halides is 4. The van der Waals surface area contributed by atoms with Gasteiger partial charge in [-0.25, -0.2) is 22.3 Å². The number of carboxylic acids is 1. The number of sulfonamides is 1. The van der Waals surface area contributed by atoms with Gasteiger partial charge >= 0.3 is 12.1 Å². The van der Waals surface area contributed by atoms with Crippen LogP contribution in [0.1, 0.15) is 12.0 Å². The molecule has 0 aliphatic carbocycles. The summed E-state index contributed by atoms with van der Waals surface area (Å²) in [5.41, 5.74) is -3.77. The Balaban J connectivity index is 2.05. The molecular formula is C14H14F4N2O5S. The lowest BCUT2D eigenvalue weighted by molar-refractivity contribution is -0.150. The molecule has 1 atom stereocenters. The van der Waals surface area contributed by atoms with E-state index in [1.165, 1.54) is 0 Å². The molecule has 12 heteroatoms. The average Bonchev–Trinajstić information content (AvgIpc) is 2.96. The molecule has 1 aliphatic heterocycles. The maximum absolute atomic E-state index is 13.9. The number of carbonyl (C=O) groups excluding carboxylic acids is 1. The van der Waals surface area contributed by atoms with Gasteiger partial charge in [0, 0.05) is 13.0 Å². The zero-order valence-electron chi connectivity index (χ0n) is 13.1. The van der Waals surface area contributed by atoms with E-state index in [1.807, 2.05) is 4.72 Å². The van der Waals surface area contributed by atoms with E-state index in [2.05, 4.69) is 0 Å². The molecule has 144 valence electrons. The molecule has 1 amide bonds. The molecule has 1 saturated heterocycles. The van der Waals surface area contributed by atoms with Crippen LogP contribution in [0.4, 0.5) is 17.6 Å². The molecule has 7 nitrogen and oxygen atoms in total. The third-order valence-corrected chi connectivity index (χ3v) is 5.24. The summed E-state index contributed by atoms with van der Waals surface area (Å²) in [5, 5.41) is 8.76. The first-order valence-electron chi connectivity index (χ1n) is 7.22. The Morgan fingerprint density at radius 2 is 1.96 bits per heavy atom. The van der Waals surface area contributed by atoms with Crippen LogP contribution in [0.15, 0.2) is 29.2 Å². The summed E-state index contributed by atoms with van der Waals surface area (Å²) in [5.74, 6) is -2.61. The number of hydrogen-bond donors (Lipinski definition) is 2. The van der Waals surface area contributed by atoms with Gasteiger partial charge in [0.25, 0.3) is 0 Å². The van der Waals surface area contributed by atoms with Crippen molar-refractivity contribution in [3.63, 3.8) is 0 Å². The van der Waals surface area contributed by atoms with Crippen molar-refractivity contribution in [3.8, 4) is 0 Å². The van der Waals surface area contributed by atoms with Crippen molar-refractivity contribution in [1.82, 2.24) is 9.62 Å². The lowest BCUT2D eigenvalue weighted by Gasteiger charge is -2.18. The number of aliphatic carboxylic acids is 1. The van der Waals surface area contributed by atoms with E-state index < -0.39 is 63.7 Å². The highest BCUT2D eigenvalue weighted by molar-refractivity contribution is 7.89. The average molecular weight is 398 g/mol. The lowest BCUT2D eigenvalue weighted by Crippen LogP contribution is -2.42. The largest absolute Gasteiger partial charge is 0.479 e. The molecule has 1 unspecified atom stereocenters. The maximum atomic E-state index is 13.9. The van der Waals surface area contributed by atoms with Crippen molar-refractivity contribution < 1.29 is 40.7 Å². The fourth-order valence-electron chi connectivity index (χ4n) is 2.35. The number of amides is 1. The van der Waals surface area contributed by atoms with Crippen molar-refractivity contribution in [2.24, 2.45) is 0 Å². The van der Waals surface area contributed by atoms with E-state index in [0.29, 0.717) is 12.1 Å². The van der Waals surface area contributed by atoms with Gasteiger partial charge in [0.1, 0.15) is 0 Å². The number of carboxylic acid groups (broad SMARTS) is 1. The Morgan fingerprint density at radius 1 is 1.31 bits per heavy atom. The second kappa shape index (κ2) is 6.83. The van der Waals surface area contributed by atoms with Gasteiger partial charge in [0.2, 0.25) is 21.6 Å². The molecule has 0 bridgehead atoms. The summed E-state index contributed by atoms with van der Waals surface area (Å²) >= 11 is 0. The molecule has 2 N–H and O–H groups in total. The quantitative estimate of drug-likeness (QED) is 0.721. The maximum Gasteiger partial charge on any atom is 0.416 e. The number of carbonyl (C=O) groups is 2. The molecule has 2 rings (SSSR count). The van der Waals surface area contributed by atoms with Gasteiger partial charge in [0.05, 0.1) is 23.5 Å². The lowest BCUT2D eigenvalue weighted by atomic mass is 10.1. The molecule has 0 spiro atoms. The van der Waals surface area contributed by atoms with Crippen LogP contribution in [0.5, 0.6) is 0 Å². The van der Waals surface area contributed by atoms with Gasteiger partial charge in [0.15, 0.2) is 0 Å². The SMILES string of the molecule is O=C(CNS(=O)(=O)c1cccc(C(F)(F)F)c1)N1CCC(F)(C(=O)O)C1. The standard InChI is InChI=1S/C14H14F4N2O5S/c15-13(12(22)23)4-5-20(8-13)11(21)7-19-26(24,25)10-3-1-2-9(6-10)14(16,17)18/h1-3,6,19H,4-5,7-8H2,(H,22,23). The number of hydrogen-bond acceptors (Lipinski definition) is 4. The second-order valence-corrected chi connectivity index (χ2v) is 7.45. The number of rotatable bonds is 5. The minimum absolute atomic E-state index is 0.215. The Hall–Kier alpha value is -2.21. The highest BCUT2D eigenvalue weighted by Crippen LogP contribution is 2.30. The summed E-state index contributed by atoms with van der Waals surface area (Å²) in [4.78, 5) is 22.9. The van der Waals surface area contributed by atoms with Gasteiger partial charge in [-0.15, -0.1) is 0 Å². The highest BCUT2D eigenvalue weighted by atomic mass is 32.2. The first-order valence-corrected chi connectivity index (χ1v) is 8.70. The van der Waals surface area contributed by atoms with E-state index in [-0.39, 0.29) is 6.54 Å². The smallest absolute Gasteiger partial charge is 0.416 e. The number of benzene rings is 1. The summed E-state index contributed by atoms with van der Waals surface area (Å²) in [6.07, 6.45) is -5.17. The van der Waals surface area contributed by atoms with Gasteiger partial charge in [-0.05, 0) is 18.2 Å². The van der Waals surface area contributed by atoms with Crippen LogP contribution in [0.3, 0.4) is 0 Å². The fourth-order valence-corrected chi connectivity index (χ4v) is 3.37. The van der Waals surface area contributed by atoms with Crippen LogP contribution in [0.2, 0.25) is 0 Å². The van der Waals surface area contributed by atoms with Gasteiger partial charge in [-0.2, -0.15) is 13.2 Å². The van der Waals surface area contributed by atoms with E-state index in [4.69, 9.17) is 5.11 Å². The van der Waals surface area contributed by atoms with E-state index in [0.717, 1.165) is 17.0 Å². The molecular weight excluding hydrogens is 384 g/mol. The summed E-state index contributed by atoms with van der Waals surface area (Å²) in [7, 11) is -4.42. The van der Waals surface area contributed by atoms with Crippen LogP contribution in [0.25, 0.3) is 0 Å². The number of halogens is 4. The minimum atomic E-state index is -4.74. The van der Waals surface area contributed by atoms with E-state index in [9.17, 15) is 35.6 Å². The molecule has 26 heavy (non-hydrogen) atoms. The monoisotopic (exact) mass is 398 g/mol. The van der Waals surface area contributed by atoms with Gasteiger partial charge < -0.3 is 10.0 Å². The molecule has 0 aromatic heterocycles. The van der Waals surface area contributed by atoms with Crippen molar-refractivity contribution in [2.45, 2.75) is 23.2 Å². The van der Waals surface area contributed by atoms with Crippen LogP contribution in [0, 0.1) is 0 Å². The Kier molecular flexibility index (Phi) is 5.29. The Morgan fingerprint density at radius 3 is 2.50 bits per heavy atom. The predicted molar refractivity (Wildman–Crippen MR) is 79.3 cm³/mol. The zero-order chi connectivity index (χ0) is 19.8.